The molecule has 2 unspecified atom stereocenters. The topological polar surface area (TPSA) is 192 Å². The highest BCUT2D eigenvalue weighted by atomic mass is 16.6. The van der Waals surface area contributed by atoms with Crippen LogP contribution in [0, 0.1) is 100 Å². The summed E-state index contributed by atoms with van der Waals surface area (Å²) in [5.74, 6) is 0.600. The van der Waals surface area contributed by atoms with E-state index in [0.717, 1.165) is 116 Å². The molecule has 24 atom stereocenters. The Bertz CT molecular complexity index is 2550. The van der Waals surface area contributed by atoms with E-state index in [9.17, 15) is 40.2 Å². The van der Waals surface area contributed by atoms with Crippen molar-refractivity contribution in [3.63, 3.8) is 0 Å². The van der Waals surface area contributed by atoms with Crippen molar-refractivity contribution in [1.82, 2.24) is 0 Å². The standard InChI is InChI=1S/2C35H58O6/c1-28(2,3)27(38)40-21-18-32(9)22-17-20(36)25-29(4,5)23(37)11-14-35(25)19-34(22,35)16-15-31(32,8)26(21)33(10)13-12-24(41-33)30(6,7)39;1-28(2,3)27(38)40-23-12-14-35-19-34(35)16-15-31(8)26(33(10)13-11-24(41-33)30(6,7)39)21(37)18-32(31,9)22(34)17-20(36)25(35)29(23,4)5/h2*20-26,36-37,39H,11-19H2,1-10H3/t2*20-,21-,22-,23-,24-,25-,26-,31+,32-,33+,34-,35?/m00/s1. The Balaban J connectivity index is 0.000000172. The summed E-state index contributed by atoms with van der Waals surface area (Å²) in [7, 11) is 0. The first-order valence-electron chi connectivity index (χ1n) is 33.1. The Hall–Kier alpha value is -1.38. The number of hydrogen-bond acceptors (Lipinski definition) is 12. The molecule has 0 aromatic heterocycles. The molecule has 10 aliphatic carbocycles. The lowest BCUT2D eigenvalue weighted by Gasteiger charge is -2.64. The third-order valence-corrected chi connectivity index (χ3v) is 29.2. The molecule has 4 spiro atoms. The summed E-state index contributed by atoms with van der Waals surface area (Å²) in [6.07, 6.45) is 14.0. The summed E-state index contributed by atoms with van der Waals surface area (Å²) >= 11 is 0. The smallest absolute Gasteiger partial charge is 0.311 e. The molecule has 6 N–H and O–H groups in total. The molecule has 2 aliphatic heterocycles. The summed E-state index contributed by atoms with van der Waals surface area (Å²) in [5, 5.41) is 68.5. The lowest BCUT2D eigenvalue weighted by molar-refractivity contribution is -0.220. The van der Waals surface area contributed by atoms with E-state index in [1.807, 2.05) is 69.2 Å². The molecule has 2 saturated heterocycles. The Morgan fingerprint density at radius 3 is 1.30 bits per heavy atom. The minimum absolute atomic E-state index is 0.00162. The maximum absolute atomic E-state index is 13.5. The first-order valence-corrected chi connectivity index (χ1v) is 33.1. The van der Waals surface area contributed by atoms with Gasteiger partial charge in [0.25, 0.3) is 0 Å². The summed E-state index contributed by atoms with van der Waals surface area (Å²) in [6, 6.07) is 0. The van der Waals surface area contributed by atoms with Gasteiger partial charge in [0.15, 0.2) is 0 Å². The number of aliphatic hydroxyl groups excluding tert-OH is 4. The van der Waals surface area contributed by atoms with Crippen LogP contribution in [0.4, 0.5) is 0 Å². The zero-order valence-electron chi connectivity index (χ0n) is 54.9. The molecule has 82 heavy (non-hydrogen) atoms. The lowest BCUT2D eigenvalue weighted by atomic mass is 9.41. The molecule has 0 amide bonds. The highest BCUT2D eigenvalue weighted by Gasteiger charge is 2.87. The van der Waals surface area contributed by atoms with Crippen LogP contribution in [-0.4, -0.2) is 114 Å². The van der Waals surface area contributed by atoms with E-state index in [2.05, 4.69) is 69.2 Å². The van der Waals surface area contributed by atoms with Crippen LogP contribution in [0.1, 0.15) is 254 Å². The van der Waals surface area contributed by atoms with Gasteiger partial charge in [0, 0.05) is 17.3 Å². The predicted molar refractivity (Wildman–Crippen MR) is 316 cm³/mol. The van der Waals surface area contributed by atoms with Crippen molar-refractivity contribution in [3.05, 3.63) is 0 Å². The molecule has 2 heterocycles. The molecular weight excluding hydrogens is 1030 g/mol. The summed E-state index contributed by atoms with van der Waals surface area (Å²) in [5.41, 5.74) is -4.53. The fourth-order valence-corrected chi connectivity index (χ4v) is 25.1. The third-order valence-electron chi connectivity index (χ3n) is 29.2. The first kappa shape index (κ1) is 62.2. The van der Waals surface area contributed by atoms with Crippen LogP contribution in [0.2, 0.25) is 0 Å². The second-order valence-corrected chi connectivity index (χ2v) is 37.0. The van der Waals surface area contributed by atoms with Gasteiger partial charge >= 0.3 is 11.9 Å². The van der Waals surface area contributed by atoms with Crippen molar-refractivity contribution < 1.29 is 59.2 Å². The number of hydrogen-bond donors (Lipinski definition) is 6. The minimum Gasteiger partial charge on any atom is -0.462 e. The van der Waals surface area contributed by atoms with Crippen LogP contribution in [0.15, 0.2) is 0 Å². The van der Waals surface area contributed by atoms with Crippen LogP contribution in [0.25, 0.3) is 0 Å². The van der Waals surface area contributed by atoms with Gasteiger partial charge in [0.05, 0.1) is 69.9 Å². The van der Waals surface area contributed by atoms with Gasteiger partial charge in [0.1, 0.15) is 12.2 Å². The van der Waals surface area contributed by atoms with Crippen molar-refractivity contribution in [3.8, 4) is 0 Å². The molecule has 0 radical (unpaired) electrons. The molecule has 0 aromatic carbocycles. The zero-order chi connectivity index (χ0) is 60.8. The number of fused-ring (bicyclic) bond motifs is 4. The van der Waals surface area contributed by atoms with Gasteiger partial charge in [0.2, 0.25) is 0 Å². The highest BCUT2D eigenvalue weighted by Crippen LogP contribution is 2.91. The molecule has 468 valence electrons. The minimum atomic E-state index is -0.935. The van der Waals surface area contributed by atoms with Crippen LogP contribution >= 0.6 is 0 Å². The fourth-order valence-electron chi connectivity index (χ4n) is 25.1. The van der Waals surface area contributed by atoms with E-state index in [1.54, 1.807) is 0 Å². The molecule has 12 nitrogen and oxygen atoms in total. The summed E-state index contributed by atoms with van der Waals surface area (Å²) < 4.78 is 26.3. The lowest BCUT2D eigenvalue weighted by Crippen LogP contribution is -2.62. The van der Waals surface area contributed by atoms with Crippen LogP contribution in [-0.2, 0) is 28.5 Å². The summed E-state index contributed by atoms with van der Waals surface area (Å²) in [4.78, 5) is 26.4. The van der Waals surface area contributed by atoms with E-state index in [-0.39, 0.29) is 120 Å². The number of ether oxygens (including phenoxy) is 4. The molecule has 12 fully saturated rings. The predicted octanol–water partition coefficient (Wildman–Crippen LogP) is 12.1. The van der Waals surface area contributed by atoms with Gasteiger partial charge in [-0.25, -0.2) is 0 Å². The van der Waals surface area contributed by atoms with Crippen molar-refractivity contribution in [2.75, 3.05) is 0 Å². The van der Waals surface area contributed by atoms with Gasteiger partial charge in [-0.2, -0.15) is 0 Å². The van der Waals surface area contributed by atoms with Crippen molar-refractivity contribution >= 4 is 11.9 Å². The average Bonchev–Trinajstić information content (AvgIpc) is 1.47. The Morgan fingerprint density at radius 2 is 0.854 bits per heavy atom. The Labute approximate surface area is 494 Å². The third kappa shape index (κ3) is 8.18. The number of rotatable bonds is 6. The molecule has 0 aromatic rings. The number of carbonyl (C=O) groups is 2. The Morgan fingerprint density at radius 1 is 0.439 bits per heavy atom. The van der Waals surface area contributed by atoms with Crippen LogP contribution in [0.5, 0.6) is 0 Å². The van der Waals surface area contributed by atoms with Crippen molar-refractivity contribution in [2.45, 2.75) is 325 Å². The average molecular weight is 1150 g/mol. The van der Waals surface area contributed by atoms with Gasteiger partial charge in [-0.3, -0.25) is 9.59 Å². The quantitative estimate of drug-likeness (QED) is 0.138. The van der Waals surface area contributed by atoms with Gasteiger partial charge in [-0.05, 0) is 271 Å². The first-order chi connectivity index (χ1) is 37.2. The van der Waals surface area contributed by atoms with Crippen LogP contribution < -0.4 is 0 Å². The van der Waals surface area contributed by atoms with E-state index in [4.69, 9.17) is 18.9 Å². The molecular formula is C70H116O12. The number of aliphatic hydroxyl groups is 6. The fraction of sp³-hybridized carbons (Fsp3) is 0.971. The SMILES string of the molecule is CC(C)(C)C(=O)O[C@H]1CCC23C[C@]24CC[C@]2(C)[C@@H]([C@@]5(C)CC[C@@H](C(C)(C)O)O5)[C@@H](O)C[C@@]2(C)[C@@H]4C[C@H](O)[C@H]3C1(C)C.CC(C)(C)C(=O)O[C@H]1C[C@@]2(C)[C@@H]3C[C@H](O)[C@H]4C(C)(C)[C@@H](O)CCC45C[C@@]35CC[C@]2(C)[C@H]1[C@@]1(C)CC[C@@H](C(C)(C)O)O1. The van der Waals surface area contributed by atoms with Crippen LogP contribution in [0.3, 0.4) is 0 Å². The van der Waals surface area contributed by atoms with E-state index < -0.39 is 51.5 Å². The zero-order valence-corrected chi connectivity index (χ0v) is 54.9. The molecule has 0 bridgehead atoms. The normalized spacial score (nSPS) is 54.0. The molecule has 10 saturated carbocycles. The summed E-state index contributed by atoms with van der Waals surface area (Å²) in [6.45, 7) is 41.8. The second kappa shape index (κ2) is 18.2. The monoisotopic (exact) mass is 1150 g/mol. The van der Waals surface area contributed by atoms with Gasteiger partial charge in [-0.15, -0.1) is 0 Å². The number of carbonyl (C=O) groups excluding carboxylic acids is 2. The number of esters is 2. The highest BCUT2D eigenvalue weighted by molar-refractivity contribution is 5.76. The molecule has 12 rings (SSSR count). The Kier molecular flexibility index (Phi) is 13.8. The van der Waals surface area contributed by atoms with E-state index in [0.29, 0.717) is 11.8 Å². The van der Waals surface area contributed by atoms with Crippen molar-refractivity contribution in [1.29, 1.82) is 0 Å². The second-order valence-electron chi connectivity index (χ2n) is 37.0. The molecule has 12 heteroatoms. The maximum atomic E-state index is 13.5. The van der Waals surface area contributed by atoms with Crippen molar-refractivity contribution in [2.24, 2.45) is 100 Å². The van der Waals surface area contributed by atoms with E-state index in [1.165, 1.54) is 0 Å². The van der Waals surface area contributed by atoms with Gasteiger partial charge in [-0.1, -0.05) is 55.4 Å². The molecule has 12 aliphatic rings. The van der Waals surface area contributed by atoms with Gasteiger partial charge < -0.3 is 49.6 Å². The van der Waals surface area contributed by atoms with E-state index >= 15 is 0 Å². The maximum Gasteiger partial charge on any atom is 0.311 e. The largest absolute Gasteiger partial charge is 0.462 e.